The highest BCUT2D eigenvalue weighted by Crippen LogP contribution is 2.45. The van der Waals surface area contributed by atoms with Crippen LogP contribution in [0.2, 0.25) is 0 Å². The van der Waals surface area contributed by atoms with Gasteiger partial charge in [0.05, 0.1) is 6.10 Å². The molecular formula is C12H23NO. The van der Waals surface area contributed by atoms with E-state index in [1.54, 1.807) is 0 Å². The van der Waals surface area contributed by atoms with E-state index in [0.717, 1.165) is 12.0 Å². The zero-order chi connectivity index (χ0) is 10.0. The molecule has 0 amide bonds. The van der Waals surface area contributed by atoms with E-state index in [2.05, 4.69) is 4.90 Å². The van der Waals surface area contributed by atoms with Crippen LogP contribution in [0.4, 0.5) is 0 Å². The van der Waals surface area contributed by atoms with Crippen LogP contribution in [0.25, 0.3) is 0 Å². The van der Waals surface area contributed by atoms with Crippen molar-refractivity contribution in [2.45, 2.75) is 51.6 Å². The van der Waals surface area contributed by atoms with Crippen molar-refractivity contribution < 1.29 is 5.11 Å². The zero-order valence-corrected chi connectivity index (χ0v) is 9.34. The number of aliphatic hydroxyl groups excluding tert-OH is 1. The lowest BCUT2D eigenvalue weighted by Crippen LogP contribution is -2.41. The number of hydrogen-bond acceptors (Lipinski definition) is 2. The molecule has 2 rings (SSSR count). The second kappa shape index (κ2) is 4.19. The van der Waals surface area contributed by atoms with E-state index in [9.17, 15) is 5.11 Å². The summed E-state index contributed by atoms with van der Waals surface area (Å²) in [6.07, 6.45) is 8.43. The van der Waals surface area contributed by atoms with Gasteiger partial charge in [-0.15, -0.1) is 0 Å². The summed E-state index contributed by atoms with van der Waals surface area (Å²) in [6, 6.07) is 0. The Balaban J connectivity index is 1.79. The van der Waals surface area contributed by atoms with Crippen LogP contribution in [-0.4, -0.2) is 35.7 Å². The van der Waals surface area contributed by atoms with Gasteiger partial charge >= 0.3 is 0 Å². The molecule has 2 nitrogen and oxygen atoms in total. The van der Waals surface area contributed by atoms with Crippen LogP contribution in [-0.2, 0) is 0 Å². The molecule has 0 radical (unpaired) electrons. The highest BCUT2D eigenvalue weighted by molar-refractivity contribution is 4.89. The van der Waals surface area contributed by atoms with Gasteiger partial charge in [0, 0.05) is 6.54 Å². The third-order valence-electron chi connectivity index (χ3n) is 4.10. The Morgan fingerprint density at radius 1 is 1.14 bits per heavy atom. The first-order chi connectivity index (χ1) is 6.70. The van der Waals surface area contributed by atoms with Gasteiger partial charge in [-0.25, -0.2) is 0 Å². The van der Waals surface area contributed by atoms with Crippen LogP contribution in [0.5, 0.6) is 0 Å². The number of rotatable bonds is 2. The first-order valence-electron chi connectivity index (χ1n) is 6.11. The fraction of sp³-hybridized carbons (Fsp3) is 1.00. The van der Waals surface area contributed by atoms with Gasteiger partial charge in [-0.2, -0.15) is 0 Å². The fourth-order valence-electron chi connectivity index (χ4n) is 3.21. The van der Waals surface area contributed by atoms with Gasteiger partial charge in [0.1, 0.15) is 0 Å². The monoisotopic (exact) mass is 197 g/mol. The summed E-state index contributed by atoms with van der Waals surface area (Å²) in [6.45, 7) is 5.19. The van der Waals surface area contributed by atoms with E-state index in [1.807, 2.05) is 6.92 Å². The molecule has 0 unspecified atom stereocenters. The summed E-state index contributed by atoms with van der Waals surface area (Å²) < 4.78 is 0. The minimum atomic E-state index is -0.160. The van der Waals surface area contributed by atoms with Gasteiger partial charge in [-0.05, 0) is 51.1 Å². The van der Waals surface area contributed by atoms with Gasteiger partial charge in [0.25, 0.3) is 0 Å². The van der Waals surface area contributed by atoms with E-state index in [4.69, 9.17) is 0 Å². The maximum atomic E-state index is 9.32. The standard InChI is InChI=1S/C12H23NO/c1-11(14)10-13-8-6-12(7-9-13)4-2-3-5-12/h11,14H,2-10H2,1H3/t11-/m1/s1. The Morgan fingerprint density at radius 2 is 1.71 bits per heavy atom. The van der Waals surface area contributed by atoms with Gasteiger partial charge < -0.3 is 10.0 Å². The van der Waals surface area contributed by atoms with Crippen molar-refractivity contribution in [3.8, 4) is 0 Å². The van der Waals surface area contributed by atoms with E-state index in [1.165, 1.54) is 51.6 Å². The summed E-state index contributed by atoms with van der Waals surface area (Å²) in [4.78, 5) is 2.42. The summed E-state index contributed by atoms with van der Waals surface area (Å²) in [5, 5.41) is 9.32. The lowest BCUT2D eigenvalue weighted by molar-refractivity contribution is 0.0667. The molecule has 1 atom stereocenters. The molecule has 1 aliphatic heterocycles. The van der Waals surface area contributed by atoms with E-state index >= 15 is 0 Å². The molecule has 1 saturated heterocycles. The SMILES string of the molecule is C[C@@H](O)CN1CCC2(CCCC2)CC1. The second-order valence-electron chi connectivity index (χ2n) is 5.36. The van der Waals surface area contributed by atoms with Crippen molar-refractivity contribution in [3.05, 3.63) is 0 Å². The zero-order valence-electron chi connectivity index (χ0n) is 9.34. The molecule has 1 spiro atoms. The third kappa shape index (κ3) is 2.29. The molecule has 1 heterocycles. The number of likely N-dealkylation sites (tertiary alicyclic amines) is 1. The number of nitrogens with zero attached hydrogens (tertiary/aromatic N) is 1. The predicted molar refractivity (Wildman–Crippen MR) is 58.3 cm³/mol. The van der Waals surface area contributed by atoms with Crippen molar-refractivity contribution in [1.82, 2.24) is 4.90 Å². The minimum absolute atomic E-state index is 0.160. The number of aliphatic hydroxyl groups is 1. The molecule has 1 saturated carbocycles. The minimum Gasteiger partial charge on any atom is -0.392 e. The van der Waals surface area contributed by atoms with E-state index < -0.39 is 0 Å². The van der Waals surface area contributed by atoms with Gasteiger partial charge in [0.2, 0.25) is 0 Å². The molecule has 2 fully saturated rings. The Bertz CT molecular complexity index is 175. The maximum Gasteiger partial charge on any atom is 0.0639 e. The molecule has 0 bridgehead atoms. The number of piperidine rings is 1. The largest absolute Gasteiger partial charge is 0.392 e. The number of β-amino-alcohol motifs (C(OH)–C–C–N with tert-alkyl or cyclic N) is 1. The summed E-state index contributed by atoms with van der Waals surface area (Å²) in [5.74, 6) is 0. The van der Waals surface area contributed by atoms with Crippen molar-refractivity contribution >= 4 is 0 Å². The van der Waals surface area contributed by atoms with Crippen molar-refractivity contribution in [3.63, 3.8) is 0 Å². The molecule has 1 aliphatic carbocycles. The molecule has 0 aromatic carbocycles. The lowest BCUT2D eigenvalue weighted by atomic mass is 9.77. The first kappa shape index (κ1) is 10.4. The Hall–Kier alpha value is -0.0800. The lowest BCUT2D eigenvalue weighted by Gasteiger charge is -2.39. The van der Waals surface area contributed by atoms with Gasteiger partial charge in [0.15, 0.2) is 0 Å². The van der Waals surface area contributed by atoms with Crippen molar-refractivity contribution in [2.24, 2.45) is 5.41 Å². The van der Waals surface area contributed by atoms with Crippen LogP contribution in [0, 0.1) is 5.41 Å². The van der Waals surface area contributed by atoms with Crippen molar-refractivity contribution in [1.29, 1.82) is 0 Å². The third-order valence-corrected chi connectivity index (χ3v) is 4.10. The van der Waals surface area contributed by atoms with Gasteiger partial charge in [-0.3, -0.25) is 0 Å². The maximum absolute atomic E-state index is 9.32. The second-order valence-corrected chi connectivity index (χ2v) is 5.36. The topological polar surface area (TPSA) is 23.5 Å². The van der Waals surface area contributed by atoms with Crippen LogP contribution < -0.4 is 0 Å². The fourth-order valence-corrected chi connectivity index (χ4v) is 3.21. The molecule has 0 aromatic heterocycles. The number of hydrogen-bond donors (Lipinski definition) is 1. The van der Waals surface area contributed by atoms with Crippen LogP contribution in [0.1, 0.15) is 45.4 Å². The van der Waals surface area contributed by atoms with Crippen LogP contribution in [0.15, 0.2) is 0 Å². The van der Waals surface area contributed by atoms with E-state index in [-0.39, 0.29) is 6.10 Å². The quantitative estimate of drug-likeness (QED) is 0.732. The summed E-state index contributed by atoms with van der Waals surface area (Å²) in [5.41, 5.74) is 0.717. The summed E-state index contributed by atoms with van der Waals surface area (Å²) >= 11 is 0. The Labute approximate surface area is 87.3 Å². The Morgan fingerprint density at radius 3 is 2.21 bits per heavy atom. The molecule has 2 heteroatoms. The molecule has 1 N–H and O–H groups in total. The smallest absolute Gasteiger partial charge is 0.0639 e. The predicted octanol–water partition coefficient (Wildman–Crippen LogP) is 2.02. The highest BCUT2D eigenvalue weighted by atomic mass is 16.3. The van der Waals surface area contributed by atoms with Crippen molar-refractivity contribution in [2.75, 3.05) is 19.6 Å². The van der Waals surface area contributed by atoms with Gasteiger partial charge in [-0.1, -0.05) is 12.8 Å². The first-order valence-corrected chi connectivity index (χ1v) is 6.11. The molecule has 14 heavy (non-hydrogen) atoms. The van der Waals surface area contributed by atoms with Crippen LogP contribution >= 0.6 is 0 Å². The summed E-state index contributed by atoms with van der Waals surface area (Å²) in [7, 11) is 0. The average Bonchev–Trinajstić information content (AvgIpc) is 2.58. The average molecular weight is 197 g/mol. The van der Waals surface area contributed by atoms with E-state index in [0.29, 0.717) is 0 Å². The molecular weight excluding hydrogens is 174 g/mol. The Kier molecular flexibility index (Phi) is 3.13. The molecule has 0 aromatic rings. The normalized spacial score (nSPS) is 29.6. The highest BCUT2D eigenvalue weighted by Gasteiger charge is 2.36. The molecule has 2 aliphatic rings. The van der Waals surface area contributed by atoms with Crippen LogP contribution in [0.3, 0.4) is 0 Å². The molecule has 82 valence electrons.